The average Bonchev–Trinajstić information content (AvgIpc) is 2.93. The minimum atomic E-state index is -1.02. The SMILES string of the molecule is CCCC(CCOC(N)=O)Nc1cccc2c1C(=O)N(C1CCC(=O)NC1=O)C2=O. The molecule has 2 atom stereocenters. The first kappa shape index (κ1) is 21.3. The first-order valence-corrected chi connectivity index (χ1v) is 9.86. The molecule has 5 amide bonds. The Morgan fingerprint density at radius 2 is 2.03 bits per heavy atom. The molecule has 1 aromatic rings. The summed E-state index contributed by atoms with van der Waals surface area (Å²) in [6, 6.07) is 3.75. The van der Waals surface area contributed by atoms with E-state index in [2.05, 4.69) is 10.6 Å². The van der Waals surface area contributed by atoms with Crippen LogP contribution in [0, 0.1) is 0 Å². The van der Waals surface area contributed by atoms with Crippen molar-refractivity contribution in [1.29, 1.82) is 0 Å². The second kappa shape index (κ2) is 8.93. The largest absolute Gasteiger partial charge is 0.450 e. The van der Waals surface area contributed by atoms with Gasteiger partial charge in [0.25, 0.3) is 11.8 Å². The van der Waals surface area contributed by atoms with Crippen LogP contribution in [0.2, 0.25) is 0 Å². The minimum Gasteiger partial charge on any atom is -0.450 e. The third kappa shape index (κ3) is 4.27. The van der Waals surface area contributed by atoms with Gasteiger partial charge in [-0.15, -0.1) is 0 Å². The molecule has 2 aliphatic rings. The molecule has 0 bridgehead atoms. The van der Waals surface area contributed by atoms with Crippen LogP contribution in [-0.2, 0) is 14.3 Å². The second-order valence-corrected chi connectivity index (χ2v) is 7.26. The lowest BCUT2D eigenvalue weighted by Crippen LogP contribution is -2.54. The molecular formula is C20H24N4O6. The monoisotopic (exact) mass is 416 g/mol. The van der Waals surface area contributed by atoms with Gasteiger partial charge >= 0.3 is 6.09 Å². The van der Waals surface area contributed by atoms with E-state index in [0.717, 1.165) is 17.7 Å². The number of amides is 5. The maximum absolute atomic E-state index is 13.1. The van der Waals surface area contributed by atoms with E-state index < -0.39 is 35.8 Å². The van der Waals surface area contributed by atoms with Crippen molar-refractivity contribution in [3.05, 3.63) is 29.3 Å². The van der Waals surface area contributed by atoms with E-state index in [1.807, 2.05) is 6.92 Å². The molecule has 1 saturated heterocycles. The number of nitrogens with one attached hydrogen (secondary N) is 2. The number of fused-ring (bicyclic) bond motifs is 1. The summed E-state index contributed by atoms with van der Waals surface area (Å²) in [6.45, 7) is 2.12. The van der Waals surface area contributed by atoms with Crippen molar-refractivity contribution in [2.45, 2.75) is 51.1 Å². The standard InChI is InChI=1S/C20H24N4O6/c1-2-4-11(9-10-30-20(21)29)22-13-6-3-5-12-16(13)19(28)24(18(12)27)14-7-8-15(25)23-17(14)26/h3,5-6,11,14,22H,2,4,7-10H2,1H3,(H2,21,29)(H,23,25,26). The van der Waals surface area contributed by atoms with Crippen molar-refractivity contribution < 1.29 is 28.7 Å². The molecule has 0 saturated carbocycles. The number of ether oxygens (including phenoxy) is 1. The topological polar surface area (TPSA) is 148 Å². The van der Waals surface area contributed by atoms with E-state index in [4.69, 9.17) is 10.5 Å². The molecular weight excluding hydrogens is 392 g/mol. The Balaban J connectivity index is 1.82. The van der Waals surface area contributed by atoms with Crippen molar-refractivity contribution in [2.75, 3.05) is 11.9 Å². The van der Waals surface area contributed by atoms with Crippen LogP contribution in [0.15, 0.2) is 18.2 Å². The van der Waals surface area contributed by atoms with Gasteiger partial charge in [-0.05, 0) is 25.0 Å². The molecule has 0 radical (unpaired) electrons. The summed E-state index contributed by atoms with van der Waals surface area (Å²) in [4.78, 5) is 61.4. The molecule has 2 aliphatic heterocycles. The summed E-state index contributed by atoms with van der Waals surface area (Å²) in [7, 11) is 0. The zero-order valence-corrected chi connectivity index (χ0v) is 16.6. The number of imide groups is 2. The number of nitrogens with two attached hydrogens (primary N) is 1. The van der Waals surface area contributed by atoms with Crippen LogP contribution in [0.3, 0.4) is 0 Å². The molecule has 10 heteroatoms. The van der Waals surface area contributed by atoms with E-state index in [1.54, 1.807) is 12.1 Å². The molecule has 2 heterocycles. The first-order valence-electron chi connectivity index (χ1n) is 9.86. The number of hydrogen-bond donors (Lipinski definition) is 3. The summed E-state index contributed by atoms with van der Waals surface area (Å²) < 4.78 is 4.80. The predicted octanol–water partition coefficient (Wildman–Crippen LogP) is 1.15. The molecule has 1 aromatic carbocycles. The number of rotatable bonds is 8. The van der Waals surface area contributed by atoms with Crippen LogP contribution in [0.1, 0.15) is 59.7 Å². The molecule has 1 fully saturated rings. The fraction of sp³-hybridized carbons (Fsp3) is 0.450. The number of carbonyl (C=O) groups is 5. The van der Waals surface area contributed by atoms with Crippen LogP contribution in [0.5, 0.6) is 0 Å². The molecule has 0 spiro atoms. The van der Waals surface area contributed by atoms with E-state index in [-0.39, 0.29) is 36.6 Å². The zero-order chi connectivity index (χ0) is 21.8. The Bertz CT molecular complexity index is 899. The maximum Gasteiger partial charge on any atom is 0.404 e. The Kier molecular flexibility index (Phi) is 6.34. The molecule has 3 rings (SSSR count). The third-order valence-electron chi connectivity index (χ3n) is 5.18. The van der Waals surface area contributed by atoms with Crippen molar-refractivity contribution >= 4 is 35.4 Å². The van der Waals surface area contributed by atoms with Crippen molar-refractivity contribution in [1.82, 2.24) is 10.2 Å². The van der Waals surface area contributed by atoms with Gasteiger partial charge in [0, 0.05) is 24.6 Å². The average molecular weight is 416 g/mol. The minimum absolute atomic E-state index is 0.0629. The van der Waals surface area contributed by atoms with Gasteiger partial charge in [-0.25, -0.2) is 4.79 Å². The molecule has 4 N–H and O–H groups in total. The highest BCUT2D eigenvalue weighted by Gasteiger charge is 2.45. The lowest BCUT2D eigenvalue weighted by Gasteiger charge is -2.28. The fourth-order valence-corrected chi connectivity index (χ4v) is 3.79. The van der Waals surface area contributed by atoms with Crippen LogP contribution in [0.25, 0.3) is 0 Å². The summed E-state index contributed by atoms with van der Waals surface area (Å²) in [6.07, 6.45) is 1.37. The summed E-state index contributed by atoms with van der Waals surface area (Å²) >= 11 is 0. The predicted molar refractivity (Wildman–Crippen MR) is 106 cm³/mol. The van der Waals surface area contributed by atoms with Crippen molar-refractivity contribution in [3.8, 4) is 0 Å². The zero-order valence-electron chi connectivity index (χ0n) is 16.6. The van der Waals surface area contributed by atoms with Gasteiger partial charge in [-0.3, -0.25) is 29.4 Å². The van der Waals surface area contributed by atoms with Gasteiger partial charge in [-0.1, -0.05) is 19.4 Å². The van der Waals surface area contributed by atoms with E-state index in [1.165, 1.54) is 6.07 Å². The smallest absolute Gasteiger partial charge is 0.404 e. The summed E-state index contributed by atoms with van der Waals surface area (Å²) in [5, 5.41) is 5.44. The van der Waals surface area contributed by atoms with Crippen LogP contribution in [-0.4, -0.2) is 53.3 Å². The highest BCUT2D eigenvalue weighted by Crippen LogP contribution is 2.33. The lowest BCUT2D eigenvalue weighted by atomic mass is 10.0. The van der Waals surface area contributed by atoms with Crippen molar-refractivity contribution in [2.24, 2.45) is 5.73 Å². The number of primary amides is 1. The normalized spacial score (nSPS) is 19.4. The van der Waals surface area contributed by atoms with E-state index >= 15 is 0 Å². The molecule has 2 unspecified atom stereocenters. The van der Waals surface area contributed by atoms with Crippen LogP contribution in [0.4, 0.5) is 10.5 Å². The number of hydrogen-bond acceptors (Lipinski definition) is 7. The summed E-state index contributed by atoms with van der Waals surface area (Å²) in [5.74, 6) is -2.20. The number of nitrogens with zero attached hydrogens (tertiary/aromatic N) is 1. The number of anilines is 1. The Hall–Kier alpha value is -3.43. The summed E-state index contributed by atoms with van der Waals surface area (Å²) in [5.41, 5.74) is 5.87. The van der Waals surface area contributed by atoms with Gasteiger partial charge < -0.3 is 15.8 Å². The number of carbonyl (C=O) groups excluding carboxylic acids is 5. The van der Waals surface area contributed by atoms with Gasteiger partial charge in [0.1, 0.15) is 6.04 Å². The Morgan fingerprint density at radius 3 is 2.70 bits per heavy atom. The second-order valence-electron chi connectivity index (χ2n) is 7.26. The van der Waals surface area contributed by atoms with Gasteiger partial charge in [-0.2, -0.15) is 0 Å². The molecule has 160 valence electrons. The molecule has 0 aliphatic carbocycles. The quantitative estimate of drug-likeness (QED) is 0.538. The fourth-order valence-electron chi connectivity index (χ4n) is 3.79. The van der Waals surface area contributed by atoms with Gasteiger partial charge in [0.15, 0.2) is 0 Å². The molecule has 0 aromatic heterocycles. The van der Waals surface area contributed by atoms with Crippen LogP contribution >= 0.6 is 0 Å². The highest BCUT2D eigenvalue weighted by molar-refractivity contribution is 6.25. The van der Waals surface area contributed by atoms with E-state index in [9.17, 15) is 24.0 Å². The lowest BCUT2D eigenvalue weighted by molar-refractivity contribution is -0.136. The maximum atomic E-state index is 13.1. The third-order valence-corrected chi connectivity index (χ3v) is 5.18. The highest BCUT2D eigenvalue weighted by atomic mass is 16.5. The van der Waals surface area contributed by atoms with Crippen molar-refractivity contribution in [3.63, 3.8) is 0 Å². The first-order chi connectivity index (χ1) is 14.3. The van der Waals surface area contributed by atoms with E-state index in [0.29, 0.717) is 12.1 Å². The Morgan fingerprint density at radius 1 is 1.27 bits per heavy atom. The van der Waals surface area contributed by atoms with Gasteiger partial charge in [0.05, 0.1) is 17.7 Å². The van der Waals surface area contributed by atoms with Crippen LogP contribution < -0.4 is 16.4 Å². The number of piperidine rings is 1. The molecule has 10 nitrogen and oxygen atoms in total. The Labute approximate surface area is 173 Å². The van der Waals surface area contributed by atoms with Gasteiger partial charge in [0.2, 0.25) is 11.8 Å². The molecule has 30 heavy (non-hydrogen) atoms. The number of benzene rings is 1.